The number of Topliss-reactive ketones (excluding diaryl/α,β-unsaturated/α-hetero) is 1. The zero-order valence-corrected chi connectivity index (χ0v) is 50.1. The van der Waals surface area contributed by atoms with Crippen LogP contribution in [-0.4, -0.2) is 109 Å². The minimum absolute atomic E-state index is 0.00185. The highest BCUT2D eigenvalue weighted by Crippen LogP contribution is 2.46. The van der Waals surface area contributed by atoms with Gasteiger partial charge in [0.1, 0.15) is 34.8 Å². The Morgan fingerprint density at radius 1 is 0.798 bits per heavy atom. The molecular weight excluding hydrogens is 1110 g/mol. The number of nitrogens with zero attached hydrogens (tertiary/aromatic N) is 6. The SMILES string of the molecule is COc1ccc(COC(=O)C2=C(C[n+]3cc(NC(=O)NCCNC(=O)OC(C)(C)C)c(NC(c4ccccc4)(c4ccccc4)c4ccccc4)n3C)CSC3[C@H](CC(=O)/C(=N\OC(C)(C)C(=O)OC(C)(C)C)c4nsc(N)n4)C(=O)N23)cc1. The maximum atomic E-state index is 14.8. The monoisotopic (exact) mass is 1180 g/mol. The van der Waals surface area contributed by atoms with E-state index in [1.807, 2.05) is 103 Å². The molecule has 1 saturated heterocycles. The zero-order chi connectivity index (χ0) is 60.6. The fourth-order valence-corrected chi connectivity index (χ4v) is 11.1. The number of nitrogen functional groups attached to an aromatic ring is 1. The summed E-state index contributed by atoms with van der Waals surface area (Å²) in [6, 6.07) is 36.1. The molecule has 22 nitrogen and oxygen atoms in total. The quantitative estimate of drug-likeness (QED) is 0.00633. The lowest BCUT2D eigenvalue weighted by Gasteiger charge is -2.49. The van der Waals surface area contributed by atoms with Gasteiger partial charge in [0.05, 0.1) is 25.4 Å². The van der Waals surface area contributed by atoms with Crippen molar-refractivity contribution in [2.24, 2.45) is 18.1 Å². The third-order valence-electron chi connectivity index (χ3n) is 13.3. The Kier molecular flexibility index (Phi) is 18.8. The fourth-order valence-electron chi connectivity index (χ4n) is 9.28. The standard InChI is InChI=1S/C60H69N11O11S2/c1-57(2,3)80-53(75)59(7,8)82-67-46(48-65-54(61)84-68-48)45(72)32-43-50(73)71-47(52(74)79-35-37-26-28-42(78-10)29-27-37)38(36-83-51(43)71)33-70-34-44(64-55(76)62-30-31-63-56(77)81-58(4,5)6)49(69(70)9)66-60(39-20-14-11-15-21-39,40-22-16-12-17-23-40)41-24-18-13-19-25-41/h11-29,34,43,51H,30-33,35-36H2,1-10H3,(H5,61,62,63,64,65,68,76,77)/p+1/b67-46+/t43-,51?/m1/s1. The topological polar surface area (TPSA) is 273 Å². The van der Waals surface area contributed by atoms with Crippen molar-refractivity contribution < 1.29 is 57.2 Å². The highest BCUT2D eigenvalue weighted by molar-refractivity contribution is 8.00. The summed E-state index contributed by atoms with van der Waals surface area (Å²) in [5.41, 5.74) is 5.40. The number of oxime groups is 1. The molecule has 2 atom stereocenters. The lowest BCUT2D eigenvalue weighted by atomic mass is 9.77. The molecule has 6 N–H and O–H groups in total. The van der Waals surface area contributed by atoms with Gasteiger partial charge in [0, 0.05) is 42.4 Å². The molecule has 2 aliphatic heterocycles. The Balaban J connectivity index is 1.16. The molecule has 0 bridgehead atoms. The summed E-state index contributed by atoms with van der Waals surface area (Å²) in [4.78, 5) is 94.6. The third kappa shape index (κ3) is 14.5. The van der Waals surface area contributed by atoms with Crippen LogP contribution in [0.25, 0.3) is 0 Å². The largest absolute Gasteiger partial charge is 0.497 e. The van der Waals surface area contributed by atoms with E-state index in [-0.39, 0.29) is 54.4 Å². The van der Waals surface area contributed by atoms with Crippen LogP contribution in [0.3, 0.4) is 0 Å². The van der Waals surface area contributed by atoms with Crippen LogP contribution in [0.2, 0.25) is 0 Å². The third-order valence-corrected chi connectivity index (χ3v) is 15.2. The van der Waals surface area contributed by atoms with Gasteiger partial charge >= 0.3 is 24.1 Å². The maximum Gasteiger partial charge on any atom is 0.407 e. The number of rotatable bonds is 22. The van der Waals surface area contributed by atoms with Gasteiger partial charge in [0.2, 0.25) is 23.5 Å². The molecule has 0 radical (unpaired) electrons. The average Bonchev–Trinajstić information content (AvgIpc) is 1.27. The second-order valence-electron chi connectivity index (χ2n) is 22.3. The Morgan fingerprint density at radius 3 is 1.93 bits per heavy atom. The first-order valence-corrected chi connectivity index (χ1v) is 28.8. The van der Waals surface area contributed by atoms with Crippen molar-refractivity contribution in [3.63, 3.8) is 0 Å². The van der Waals surface area contributed by atoms with Crippen molar-refractivity contribution in [3.05, 3.63) is 161 Å². The number of nitrogens with one attached hydrogen (secondary N) is 4. The van der Waals surface area contributed by atoms with Crippen molar-refractivity contribution >= 4 is 81.4 Å². The van der Waals surface area contributed by atoms with E-state index < -0.39 is 75.8 Å². The number of urea groups is 1. The highest BCUT2D eigenvalue weighted by atomic mass is 32.2. The number of thioether (sulfide) groups is 1. The molecule has 6 aromatic rings. The second kappa shape index (κ2) is 25.8. The molecule has 0 spiro atoms. The first kappa shape index (κ1) is 61.3. The number of carbonyl (C=O) groups is 6. The lowest BCUT2D eigenvalue weighted by Crippen LogP contribution is -2.62. The number of hydrogen-bond acceptors (Lipinski definition) is 18. The molecule has 0 aliphatic carbocycles. The van der Waals surface area contributed by atoms with Crippen molar-refractivity contribution in [1.29, 1.82) is 0 Å². The number of β-lactam (4-membered cyclic amide) rings is 1. The molecule has 1 unspecified atom stereocenters. The molecule has 2 aromatic heterocycles. The number of fused-ring (bicyclic) bond motifs is 1. The first-order chi connectivity index (χ1) is 39.9. The number of alkyl carbamates (subject to hydrolysis) is 1. The van der Waals surface area contributed by atoms with Crippen molar-refractivity contribution in [1.82, 2.24) is 29.6 Å². The van der Waals surface area contributed by atoms with Crippen LogP contribution in [0.15, 0.2) is 138 Å². The smallest absolute Gasteiger partial charge is 0.407 e. The highest BCUT2D eigenvalue weighted by Gasteiger charge is 2.55. The summed E-state index contributed by atoms with van der Waals surface area (Å²) >= 11 is 2.17. The summed E-state index contributed by atoms with van der Waals surface area (Å²) in [6.45, 7) is 13.2. The van der Waals surface area contributed by atoms with E-state index in [0.717, 1.165) is 28.2 Å². The summed E-state index contributed by atoms with van der Waals surface area (Å²) in [6.07, 6.45) is 0.699. The Labute approximate surface area is 495 Å². The summed E-state index contributed by atoms with van der Waals surface area (Å²) in [5, 5.41) is 15.8. The summed E-state index contributed by atoms with van der Waals surface area (Å²) in [5.74, 6) is -2.59. The van der Waals surface area contributed by atoms with E-state index in [2.05, 4.69) is 35.8 Å². The molecular formula is C60H70N11O11S2+. The van der Waals surface area contributed by atoms with Gasteiger partial charge < -0.3 is 45.5 Å². The van der Waals surface area contributed by atoms with Gasteiger partial charge in [-0.25, -0.2) is 19.2 Å². The summed E-state index contributed by atoms with van der Waals surface area (Å²) in [7, 11) is 3.35. The number of aromatic nitrogens is 4. The number of ketones is 1. The molecule has 24 heteroatoms. The maximum absolute atomic E-state index is 14.8. The van der Waals surface area contributed by atoms with E-state index in [9.17, 15) is 28.8 Å². The summed E-state index contributed by atoms with van der Waals surface area (Å²) < 4.78 is 30.0. The Bertz CT molecular complexity index is 3330. The van der Waals surface area contributed by atoms with Crippen molar-refractivity contribution in [2.75, 3.05) is 42.3 Å². The molecule has 4 aromatic carbocycles. The van der Waals surface area contributed by atoms with Gasteiger partial charge in [-0.2, -0.15) is 9.36 Å². The van der Waals surface area contributed by atoms with Crippen LogP contribution in [0.5, 0.6) is 5.75 Å². The Hall–Kier alpha value is -8.77. The number of methoxy groups -OCH3 is 1. The van der Waals surface area contributed by atoms with Crippen LogP contribution in [-0.2, 0) is 64.0 Å². The molecule has 1 fully saturated rings. The van der Waals surface area contributed by atoms with Crippen molar-refractivity contribution in [2.45, 2.75) is 103 Å². The molecule has 442 valence electrons. The number of benzene rings is 4. The van der Waals surface area contributed by atoms with Crippen LogP contribution >= 0.6 is 23.3 Å². The van der Waals surface area contributed by atoms with Gasteiger partial charge in [-0.1, -0.05) is 108 Å². The number of amides is 4. The van der Waals surface area contributed by atoms with E-state index in [1.165, 1.54) is 30.5 Å². The molecule has 0 saturated carbocycles. The lowest BCUT2D eigenvalue weighted by molar-refractivity contribution is -0.765. The molecule has 4 heterocycles. The van der Waals surface area contributed by atoms with Crippen LogP contribution in [0.4, 0.5) is 26.2 Å². The second-order valence-corrected chi connectivity index (χ2v) is 24.2. The zero-order valence-electron chi connectivity index (χ0n) is 48.5. The number of carbonyl (C=O) groups excluding carboxylic acids is 6. The van der Waals surface area contributed by atoms with Gasteiger partial charge in [-0.3, -0.25) is 19.8 Å². The molecule has 4 amide bonds. The molecule has 8 rings (SSSR count). The van der Waals surface area contributed by atoms with Crippen LogP contribution in [0, 0.1) is 5.92 Å². The van der Waals surface area contributed by atoms with E-state index in [0.29, 0.717) is 28.4 Å². The minimum atomic E-state index is -1.65. The molecule has 84 heavy (non-hydrogen) atoms. The normalized spacial score (nSPS) is 15.5. The number of ether oxygens (including phenoxy) is 4. The van der Waals surface area contributed by atoms with Crippen LogP contribution in [0.1, 0.15) is 89.9 Å². The number of anilines is 3. The number of hydrogen-bond donors (Lipinski definition) is 5. The predicted octanol–water partition coefficient (Wildman–Crippen LogP) is 7.83. The fraction of sp³-hybridized carbons (Fsp3) is 0.367. The number of esters is 2. The van der Waals surface area contributed by atoms with Gasteiger partial charge in [0.15, 0.2) is 34.7 Å². The first-order valence-electron chi connectivity index (χ1n) is 27.0. The average molecular weight is 1190 g/mol. The van der Waals surface area contributed by atoms with Crippen molar-refractivity contribution in [3.8, 4) is 5.75 Å². The van der Waals surface area contributed by atoms with E-state index in [1.54, 1.807) is 83.8 Å². The predicted molar refractivity (Wildman–Crippen MR) is 318 cm³/mol. The van der Waals surface area contributed by atoms with Gasteiger partial charge in [-0.15, -0.1) is 21.1 Å². The minimum Gasteiger partial charge on any atom is -0.497 e. The Morgan fingerprint density at radius 2 is 1.38 bits per heavy atom. The number of nitrogens with two attached hydrogens (primary N) is 1. The van der Waals surface area contributed by atoms with E-state index >= 15 is 0 Å². The van der Waals surface area contributed by atoms with Gasteiger partial charge in [0.25, 0.3) is 0 Å². The van der Waals surface area contributed by atoms with Crippen LogP contribution < -0.4 is 36.4 Å². The van der Waals surface area contributed by atoms with E-state index in [4.69, 9.17) is 29.5 Å². The van der Waals surface area contributed by atoms with Gasteiger partial charge in [-0.05, 0) is 89.8 Å². The molecule has 2 aliphatic rings.